The van der Waals surface area contributed by atoms with E-state index in [0.29, 0.717) is 55.6 Å². The summed E-state index contributed by atoms with van der Waals surface area (Å²) in [5.41, 5.74) is 1.35. The fourth-order valence-corrected chi connectivity index (χ4v) is 6.48. The topological polar surface area (TPSA) is 190 Å². The average Bonchev–Trinajstić information content (AvgIpc) is 3.14. The first-order chi connectivity index (χ1) is 29.6. The highest BCUT2D eigenvalue weighted by molar-refractivity contribution is 6.06. The molecule has 4 rings (SSSR count). The van der Waals surface area contributed by atoms with Crippen LogP contribution in [0, 0.1) is 5.82 Å². The number of nitrogens with zero attached hydrogens (tertiary/aromatic N) is 4. The molecule has 2 aliphatic rings. The van der Waals surface area contributed by atoms with Gasteiger partial charge in [-0.2, -0.15) is 0 Å². The van der Waals surface area contributed by atoms with Crippen molar-refractivity contribution in [1.82, 2.24) is 20.4 Å². The Kier molecular flexibility index (Phi) is 16.1. The zero-order valence-electron chi connectivity index (χ0n) is 39.4. The molecule has 64 heavy (non-hydrogen) atoms. The molecule has 17 heteroatoms. The van der Waals surface area contributed by atoms with Gasteiger partial charge in [0.05, 0.1) is 0 Å². The van der Waals surface area contributed by atoms with Gasteiger partial charge in [-0.3, -0.25) is 15.4 Å². The van der Waals surface area contributed by atoms with Crippen LogP contribution in [0.5, 0.6) is 0 Å². The standard InChI is InChI=1S/C47H64FN7O9/c1-14-29-27-32(30-19-23-54(24-20-30)38(50-40(57)61-44(2,3)4)51-41(58)62-45(5,6)7)15-17-35(29)37(56)49-33-16-18-34(36(48)28-33)31-21-25-55(26-22-31)39(52-42(59)63-46(8,9)10)53-43(60)64-47(11,12)13/h15-19,21,27-28H,14,20,22-26H2,1-13H3,(H,49,56)(H,50,51,57,58)(H,52,53,59,60). The molecule has 0 atom stereocenters. The van der Waals surface area contributed by atoms with Crippen LogP contribution >= 0.6 is 0 Å². The third-order valence-corrected chi connectivity index (χ3v) is 9.10. The van der Waals surface area contributed by atoms with Crippen molar-refractivity contribution < 1.29 is 47.3 Å². The lowest BCUT2D eigenvalue weighted by Crippen LogP contribution is -2.48. The Labute approximate surface area is 375 Å². The summed E-state index contributed by atoms with van der Waals surface area (Å²) < 4.78 is 37.2. The molecule has 2 aromatic rings. The van der Waals surface area contributed by atoms with Gasteiger partial charge in [0.15, 0.2) is 0 Å². The average molecular weight is 890 g/mol. The van der Waals surface area contributed by atoms with Crippen molar-refractivity contribution in [2.75, 3.05) is 31.5 Å². The van der Waals surface area contributed by atoms with E-state index in [4.69, 9.17) is 18.9 Å². The van der Waals surface area contributed by atoms with Crippen molar-refractivity contribution in [3.8, 4) is 0 Å². The number of hydrogen-bond acceptors (Lipinski definition) is 9. The van der Waals surface area contributed by atoms with Gasteiger partial charge in [0, 0.05) is 43.0 Å². The lowest BCUT2D eigenvalue weighted by Gasteiger charge is -2.30. The molecule has 3 N–H and O–H groups in total. The van der Waals surface area contributed by atoms with E-state index >= 15 is 4.39 Å². The minimum Gasteiger partial charge on any atom is -0.444 e. The second kappa shape index (κ2) is 20.5. The maximum atomic E-state index is 15.7. The van der Waals surface area contributed by atoms with Crippen LogP contribution in [0.15, 0.2) is 58.5 Å². The zero-order chi connectivity index (χ0) is 47.8. The number of anilines is 1. The molecule has 0 saturated heterocycles. The highest BCUT2D eigenvalue weighted by atomic mass is 19.1. The second-order valence-electron chi connectivity index (χ2n) is 19.3. The first kappa shape index (κ1) is 50.4. The van der Waals surface area contributed by atoms with Crippen LogP contribution in [0.2, 0.25) is 0 Å². The number of nitrogens with one attached hydrogen (secondary N) is 3. The summed E-state index contributed by atoms with van der Waals surface area (Å²) in [5, 5.41) is 7.99. The molecule has 2 heterocycles. The van der Waals surface area contributed by atoms with E-state index < -0.39 is 58.5 Å². The number of guanidine groups is 2. The number of aryl methyl sites for hydroxylation is 1. The molecule has 5 amide bonds. The lowest BCUT2D eigenvalue weighted by atomic mass is 9.94. The molecule has 0 spiro atoms. The SMILES string of the molecule is CCc1cc(C2=CCN(C(=NC(=O)OC(C)(C)C)NC(=O)OC(C)(C)C)CC2)ccc1C(=O)Nc1ccc(C2=CCN(C(=NC(=O)OC(C)(C)C)NC(=O)OC(C)(C)C)CC2)c(F)c1. The van der Waals surface area contributed by atoms with E-state index in [0.717, 1.165) is 16.7 Å². The molecular formula is C47H64FN7O9. The van der Waals surface area contributed by atoms with E-state index in [9.17, 15) is 24.0 Å². The third-order valence-electron chi connectivity index (χ3n) is 9.10. The normalized spacial score (nSPS) is 15.3. The van der Waals surface area contributed by atoms with E-state index in [2.05, 4.69) is 25.9 Å². The van der Waals surface area contributed by atoms with Gasteiger partial charge in [-0.15, -0.1) is 9.98 Å². The molecule has 0 fully saturated rings. The van der Waals surface area contributed by atoms with Crippen molar-refractivity contribution in [1.29, 1.82) is 0 Å². The van der Waals surface area contributed by atoms with Crippen molar-refractivity contribution in [3.05, 3.63) is 76.6 Å². The van der Waals surface area contributed by atoms with Gasteiger partial charge >= 0.3 is 24.4 Å². The molecule has 0 aromatic heterocycles. The molecule has 348 valence electrons. The number of aliphatic imine (C=N–C) groups is 2. The number of rotatable bonds is 5. The number of carbonyl (C=O) groups excluding carboxylic acids is 5. The molecule has 0 unspecified atom stereocenters. The predicted molar refractivity (Wildman–Crippen MR) is 245 cm³/mol. The molecule has 0 saturated carbocycles. The number of carbonyl (C=O) groups is 5. The van der Waals surface area contributed by atoms with Crippen molar-refractivity contribution in [2.24, 2.45) is 9.98 Å². The Balaban J connectivity index is 1.46. The summed E-state index contributed by atoms with van der Waals surface area (Å²) in [6.45, 7) is 23.8. The highest BCUT2D eigenvalue weighted by Gasteiger charge is 2.28. The minimum absolute atomic E-state index is 0.0112. The Bertz CT molecular complexity index is 2220. The van der Waals surface area contributed by atoms with Crippen LogP contribution in [-0.2, 0) is 25.4 Å². The van der Waals surface area contributed by atoms with Gasteiger partial charge < -0.3 is 34.1 Å². The van der Waals surface area contributed by atoms with Crippen LogP contribution in [0.4, 0.5) is 29.3 Å². The first-order valence-corrected chi connectivity index (χ1v) is 21.3. The minimum atomic E-state index is -0.886. The number of hydrogen-bond donors (Lipinski definition) is 3. The molecule has 2 aromatic carbocycles. The summed E-state index contributed by atoms with van der Waals surface area (Å²) in [6, 6.07) is 10.1. The largest absolute Gasteiger partial charge is 0.444 e. The van der Waals surface area contributed by atoms with Gasteiger partial charge in [-0.25, -0.2) is 23.6 Å². The fraction of sp³-hybridized carbons (Fsp3) is 0.511. The van der Waals surface area contributed by atoms with Crippen LogP contribution in [0.3, 0.4) is 0 Å². The molecular weight excluding hydrogens is 826 g/mol. The fourth-order valence-electron chi connectivity index (χ4n) is 6.48. The second-order valence-corrected chi connectivity index (χ2v) is 19.3. The maximum Gasteiger partial charge on any atom is 0.437 e. The van der Waals surface area contributed by atoms with Gasteiger partial charge in [0.2, 0.25) is 11.9 Å². The number of halogens is 1. The van der Waals surface area contributed by atoms with Gasteiger partial charge in [0.25, 0.3) is 5.91 Å². The number of ether oxygens (including phenoxy) is 4. The molecule has 2 aliphatic heterocycles. The molecule has 16 nitrogen and oxygen atoms in total. The number of alkyl carbamates (subject to hydrolysis) is 2. The summed E-state index contributed by atoms with van der Waals surface area (Å²) >= 11 is 0. The van der Waals surface area contributed by atoms with Crippen molar-refractivity contribution in [2.45, 2.75) is 132 Å². The predicted octanol–water partition coefficient (Wildman–Crippen LogP) is 9.45. The molecule has 0 bridgehead atoms. The zero-order valence-corrected chi connectivity index (χ0v) is 39.4. The smallest absolute Gasteiger partial charge is 0.437 e. The van der Waals surface area contributed by atoms with Gasteiger partial charge in [0.1, 0.15) is 28.2 Å². The van der Waals surface area contributed by atoms with Crippen LogP contribution in [0.1, 0.15) is 130 Å². The lowest BCUT2D eigenvalue weighted by molar-refractivity contribution is 0.0536. The van der Waals surface area contributed by atoms with E-state index in [1.54, 1.807) is 117 Å². The van der Waals surface area contributed by atoms with Crippen LogP contribution in [-0.4, -0.2) is 101 Å². The quantitative estimate of drug-likeness (QED) is 0.147. The van der Waals surface area contributed by atoms with Crippen LogP contribution in [0.25, 0.3) is 11.1 Å². The van der Waals surface area contributed by atoms with Gasteiger partial charge in [-0.05, 0) is 149 Å². The first-order valence-electron chi connectivity index (χ1n) is 21.3. The molecule has 0 radical (unpaired) electrons. The van der Waals surface area contributed by atoms with Gasteiger partial charge in [-0.1, -0.05) is 31.2 Å². The summed E-state index contributed by atoms with van der Waals surface area (Å²) in [5.74, 6) is -0.962. The Morgan fingerprint density at radius 2 is 1.11 bits per heavy atom. The Hall–Kier alpha value is -6.26. The van der Waals surface area contributed by atoms with E-state index in [-0.39, 0.29) is 24.2 Å². The van der Waals surface area contributed by atoms with E-state index in [1.165, 1.54) is 6.07 Å². The van der Waals surface area contributed by atoms with Crippen molar-refractivity contribution in [3.63, 3.8) is 0 Å². The Morgan fingerprint density at radius 1 is 0.641 bits per heavy atom. The summed E-state index contributed by atoms with van der Waals surface area (Å²) in [6.07, 6.45) is 1.93. The van der Waals surface area contributed by atoms with Crippen molar-refractivity contribution >= 4 is 59.0 Å². The third kappa shape index (κ3) is 16.1. The van der Waals surface area contributed by atoms with Crippen LogP contribution < -0.4 is 16.0 Å². The molecule has 0 aliphatic carbocycles. The monoisotopic (exact) mass is 889 g/mol. The summed E-state index contributed by atoms with van der Waals surface area (Å²) in [4.78, 5) is 75.6. The Morgan fingerprint density at radius 3 is 1.52 bits per heavy atom. The van der Waals surface area contributed by atoms with E-state index in [1.807, 2.05) is 25.1 Å². The highest BCUT2D eigenvalue weighted by Crippen LogP contribution is 2.29. The maximum absolute atomic E-state index is 15.7. The number of amides is 5. The summed E-state index contributed by atoms with van der Waals surface area (Å²) in [7, 11) is 0. The number of benzene rings is 2.